The van der Waals surface area contributed by atoms with Gasteiger partial charge in [-0.1, -0.05) is 38.1 Å². The molecule has 0 radical (unpaired) electrons. The Hall–Kier alpha value is -2.35. The minimum absolute atomic E-state index is 0.0543. The number of rotatable bonds is 7. The van der Waals surface area contributed by atoms with Crippen molar-refractivity contribution in [3.63, 3.8) is 0 Å². The van der Waals surface area contributed by atoms with E-state index in [0.29, 0.717) is 5.56 Å². The van der Waals surface area contributed by atoms with Gasteiger partial charge in [0.15, 0.2) is 0 Å². The van der Waals surface area contributed by atoms with Crippen LogP contribution in [0, 0.1) is 0 Å². The van der Waals surface area contributed by atoms with Gasteiger partial charge < -0.3 is 10.6 Å². The van der Waals surface area contributed by atoms with Gasteiger partial charge in [-0.2, -0.15) is 13.2 Å². The van der Waals surface area contributed by atoms with Crippen molar-refractivity contribution in [3.8, 4) is 0 Å². The van der Waals surface area contributed by atoms with E-state index in [0.717, 1.165) is 17.0 Å². The summed E-state index contributed by atoms with van der Waals surface area (Å²) in [5, 5.41) is 7.39. The van der Waals surface area contributed by atoms with Gasteiger partial charge >= 0.3 is 6.18 Å². The van der Waals surface area contributed by atoms with Gasteiger partial charge in [0.25, 0.3) is 0 Å². The molecule has 0 aliphatic heterocycles. The molecule has 152 valence electrons. The van der Waals surface area contributed by atoms with E-state index in [-0.39, 0.29) is 24.8 Å². The van der Waals surface area contributed by atoms with E-state index in [4.69, 9.17) is 0 Å². The third kappa shape index (κ3) is 6.09. The molecule has 0 aliphatic carbocycles. The molecule has 0 bridgehead atoms. The summed E-state index contributed by atoms with van der Waals surface area (Å²) in [5.41, 5.74) is -0.921. The zero-order chi connectivity index (χ0) is 20.9. The molecule has 1 aromatic carbocycles. The Balaban J connectivity index is 2.03. The number of carbonyl (C=O) groups excluding carboxylic acids is 2. The fraction of sp³-hybridized carbons (Fsp3) is 0.400. The monoisotopic (exact) mass is 412 g/mol. The van der Waals surface area contributed by atoms with E-state index in [2.05, 4.69) is 10.6 Å². The quantitative estimate of drug-likeness (QED) is 0.707. The van der Waals surface area contributed by atoms with E-state index in [1.54, 1.807) is 19.9 Å². The van der Waals surface area contributed by atoms with Gasteiger partial charge in [0.05, 0.1) is 18.0 Å². The van der Waals surface area contributed by atoms with Gasteiger partial charge in [-0.15, -0.1) is 11.3 Å². The molecule has 8 heteroatoms. The molecule has 1 aromatic heterocycles. The fourth-order valence-corrected chi connectivity index (χ4v) is 3.53. The molecule has 2 aromatic rings. The SMILES string of the molecule is CC(=O)NC(CC(=O)NCC(C)(C)c1cccc(C(F)(F)F)c1)c1cccs1. The van der Waals surface area contributed by atoms with Crippen LogP contribution in [-0.2, 0) is 21.2 Å². The highest BCUT2D eigenvalue weighted by atomic mass is 32.1. The summed E-state index contributed by atoms with van der Waals surface area (Å²) in [5.74, 6) is -0.525. The molecule has 0 aliphatic rings. The Labute approximate surface area is 166 Å². The van der Waals surface area contributed by atoms with Gasteiger partial charge in [0.1, 0.15) is 0 Å². The maximum atomic E-state index is 12.9. The number of halogens is 3. The van der Waals surface area contributed by atoms with Crippen LogP contribution in [0.1, 0.15) is 49.2 Å². The summed E-state index contributed by atoms with van der Waals surface area (Å²) in [6.07, 6.45) is -4.36. The van der Waals surface area contributed by atoms with Crippen molar-refractivity contribution >= 4 is 23.2 Å². The molecule has 28 heavy (non-hydrogen) atoms. The van der Waals surface area contributed by atoms with Crippen LogP contribution in [-0.4, -0.2) is 18.4 Å². The van der Waals surface area contributed by atoms with E-state index in [9.17, 15) is 22.8 Å². The van der Waals surface area contributed by atoms with Crippen molar-refractivity contribution in [3.05, 3.63) is 57.8 Å². The molecule has 1 atom stereocenters. The van der Waals surface area contributed by atoms with Gasteiger partial charge in [0, 0.05) is 23.8 Å². The lowest BCUT2D eigenvalue weighted by Gasteiger charge is -2.27. The molecule has 2 amide bonds. The number of hydrogen-bond donors (Lipinski definition) is 2. The summed E-state index contributed by atoms with van der Waals surface area (Å²) in [6.45, 7) is 5.10. The van der Waals surface area contributed by atoms with Crippen molar-refractivity contribution < 1.29 is 22.8 Å². The second kappa shape index (κ2) is 8.77. The van der Waals surface area contributed by atoms with Crippen molar-refractivity contribution in [2.75, 3.05) is 6.54 Å². The fourth-order valence-electron chi connectivity index (χ4n) is 2.75. The van der Waals surface area contributed by atoms with Gasteiger partial charge in [0.2, 0.25) is 11.8 Å². The molecule has 1 unspecified atom stereocenters. The third-order valence-electron chi connectivity index (χ3n) is 4.35. The van der Waals surface area contributed by atoms with E-state index >= 15 is 0 Å². The van der Waals surface area contributed by atoms with E-state index in [1.807, 2.05) is 17.5 Å². The topological polar surface area (TPSA) is 58.2 Å². The Morgan fingerprint density at radius 2 is 1.79 bits per heavy atom. The molecule has 0 saturated heterocycles. The number of amides is 2. The second-order valence-electron chi connectivity index (χ2n) is 7.21. The number of alkyl halides is 3. The lowest BCUT2D eigenvalue weighted by molar-refractivity contribution is -0.137. The van der Waals surface area contributed by atoms with E-state index < -0.39 is 23.2 Å². The molecule has 0 spiro atoms. The minimum atomic E-state index is -4.42. The Morgan fingerprint density at radius 1 is 1.11 bits per heavy atom. The first kappa shape index (κ1) is 21.9. The third-order valence-corrected chi connectivity index (χ3v) is 5.34. The maximum absolute atomic E-state index is 12.9. The average Bonchev–Trinajstić information content (AvgIpc) is 3.13. The Kier molecular flexibility index (Phi) is 6.87. The molecular formula is C20H23F3N2O2S. The average molecular weight is 412 g/mol. The summed E-state index contributed by atoms with van der Waals surface area (Å²) >= 11 is 1.44. The lowest BCUT2D eigenvalue weighted by Crippen LogP contribution is -2.39. The molecule has 0 fully saturated rings. The number of benzene rings is 1. The van der Waals surface area contributed by atoms with Gasteiger partial charge in [-0.25, -0.2) is 0 Å². The summed E-state index contributed by atoms with van der Waals surface area (Å²) in [4.78, 5) is 24.7. The zero-order valence-electron chi connectivity index (χ0n) is 15.9. The van der Waals surface area contributed by atoms with Crippen molar-refractivity contribution in [2.24, 2.45) is 0 Å². The highest BCUT2D eigenvalue weighted by Crippen LogP contribution is 2.32. The standard InChI is InChI=1S/C20H23F3N2O2S/c1-13(26)25-16(17-8-5-9-28-17)11-18(27)24-12-19(2,3)14-6-4-7-15(10-14)20(21,22)23/h4-10,16H,11-12H2,1-3H3,(H,24,27)(H,25,26). The summed E-state index contributed by atoms with van der Waals surface area (Å²) < 4.78 is 38.8. The van der Waals surface area contributed by atoms with Crippen LogP contribution in [0.15, 0.2) is 41.8 Å². The smallest absolute Gasteiger partial charge is 0.355 e. The van der Waals surface area contributed by atoms with Gasteiger partial charge in [-0.3, -0.25) is 9.59 Å². The van der Waals surface area contributed by atoms with E-state index in [1.165, 1.54) is 24.3 Å². The normalized spacial score (nSPS) is 13.1. The number of thiophene rings is 1. The first-order chi connectivity index (χ1) is 13.0. The Morgan fingerprint density at radius 3 is 2.36 bits per heavy atom. The molecule has 4 nitrogen and oxygen atoms in total. The van der Waals surface area contributed by atoms with Crippen LogP contribution in [0.4, 0.5) is 13.2 Å². The summed E-state index contributed by atoms with van der Waals surface area (Å²) in [6, 6.07) is 8.36. The largest absolute Gasteiger partial charge is 0.416 e. The predicted octanol–water partition coefficient (Wildman–Crippen LogP) is 4.43. The van der Waals surface area contributed by atoms with Crippen LogP contribution in [0.2, 0.25) is 0 Å². The molecule has 0 saturated carbocycles. The van der Waals surface area contributed by atoms with Crippen molar-refractivity contribution in [1.82, 2.24) is 10.6 Å². The van der Waals surface area contributed by atoms with Crippen molar-refractivity contribution in [2.45, 2.75) is 44.8 Å². The van der Waals surface area contributed by atoms with Gasteiger partial charge in [-0.05, 0) is 23.1 Å². The van der Waals surface area contributed by atoms with Crippen LogP contribution in [0.3, 0.4) is 0 Å². The first-order valence-electron chi connectivity index (χ1n) is 8.74. The molecule has 1 heterocycles. The second-order valence-corrected chi connectivity index (χ2v) is 8.19. The molecular weight excluding hydrogens is 389 g/mol. The maximum Gasteiger partial charge on any atom is 0.416 e. The highest BCUT2D eigenvalue weighted by Gasteiger charge is 2.32. The lowest BCUT2D eigenvalue weighted by atomic mass is 9.83. The van der Waals surface area contributed by atoms with Crippen LogP contribution < -0.4 is 10.6 Å². The zero-order valence-corrected chi connectivity index (χ0v) is 16.7. The van der Waals surface area contributed by atoms with Crippen LogP contribution in [0.25, 0.3) is 0 Å². The number of nitrogens with one attached hydrogen (secondary N) is 2. The highest BCUT2D eigenvalue weighted by molar-refractivity contribution is 7.10. The van der Waals surface area contributed by atoms with Crippen molar-refractivity contribution in [1.29, 1.82) is 0 Å². The van der Waals surface area contributed by atoms with Crippen LogP contribution in [0.5, 0.6) is 0 Å². The predicted molar refractivity (Wildman–Crippen MR) is 103 cm³/mol. The number of hydrogen-bond acceptors (Lipinski definition) is 3. The summed E-state index contributed by atoms with van der Waals surface area (Å²) in [7, 11) is 0. The van der Waals surface area contributed by atoms with Crippen LogP contribution >= 0.6 is 11.3 Å². The Bertz CT molecular complexity index is 817. The molecule has 2 rings (SSSR count). The minimum Gasteiger partial charge on any atom is -0.355 e. The number of carbonyl (C=O) groups is 2. The molecule has 2 N–H and O–H groups in total. The first-order valence-corrected chi connectivity index (χ1v) is 9.62.